The highest BCUT2D eigenvalue weighted by Gasteiger charge is 2.26. The molecule has 1 saturated heterocycles. The van der Waals surface area contributed by atoms with E-state index in [1.807, 2.05) is 24.3 Å². The van der Waals surface area contributed by atoms with E-state index in [-0.39, 0.29) is 11.5 Å². The predicted molar refractivity (Wildman–Crippen MR) is 103 cm³/mol. The number of methoxy groups -OCH3 is 1. The summed E-state index contributed by atoms with van der Waals surface area (Å²) in [5.74, 6) is -0.361. The van der Waals surface area contributed by atoms with Crippen LogP contribution in [0.25, 0.3) is 0 Å². The topological polar surface area (TPSA) is 84.9 Å². The molecule has 7 nitrogen and oxygen atoms in total. The molecule has 1 aliphatic heterocycles. The van der Waals surface area contributed by atoms with Gasteiger partial charge in [-0.3, -0.25) is 9.59 Å². The molecule has 0 unspecified atom stereocenters. The summed E-state index contributed by atoms with van der Waals surface area (Å²) < 4.78 is 10.3. The van der Waals surface area contributed by atoms with Gasteiger partial charge in [-0.05, 0) is 36.2 Å². The number of hydrogen-bond donors (Lipinski definition) is 1. The number of benzene rings is 2. The van der Waals surface area contributed by atoms with Crippen LogP contribution in [0.1, 0.15) is 28.8 Å². The molecule has 0 aliphatic carbocycles. The lowest BCUT2D eigenvalue weighted by molar-refractivity contribution is -0.124. The normalized spacial score (nSPS) is 13.3. The molecule has 0 spiro atoms. The number of hydrogen-bond acceptors (Lipinski definition) is 5. The van der Waals surface area contributed by atoms with Gasteiger partial charge in [-0.1, -0.05) is 24.3 Å². The van der Waals surface area contributed by atoms with Gasteiger partial charge < -0.3 is 19.7 Å². The van der Waals surface area contributed by atoms with Crippen LogP contribution in [0.2, 0.25) is 0 Å². The lowest BCUT2D eigenvalue weighted by Crippen LogP contribution is -2.29. The van der Waals surface area contributed by atoms with Crippen molar-refractivity contribution in [2.24, 2.45) is 0 Å². The minimum Gasteiger partial charge on any atom is -0.497 e. The fourth-order valence-corrected chi connectivity index (χ4v) is 3.03. The highest BCUT2D eigenvalue weighted by atomic mass is 16.5. The minimum absolute atomic E-state index is 0.0173. The van der Waals surface area contributed by atoms with E-state index in [1.54, 1.807) is 36.3 Å². The van der Waals surface area contributed by atoms with Gasteiger partial charge in [-0.15, -0.1) is 0 Å². The van der Waals surface area contributed by atoms with Crippen LogP contribution in [-0.2, 0) is 20.9 Å². The average Bonchev–Trinajstić information content (AvgIpc) is 3.16. The van der Waals surface area contributed by atoms with Gasteiger partial charge in [0.2, 0.25) is 5.91 Å². The second-order valence-electron chi connectivity index (χ2n) is 6.37. The van der Waals surface area contributed by atoms with Crippen LogP contribution in [0.4, 0.5) is 5.69 Å². The van der Waals surface area contributed by atoms with Crippen molar-refractivity contribution in [2.45, 2.75) is 19.4 Å². The number of ether oxygens (including phenoxy) is 2. The minimum atomic E-state index is -0.633. The summed E-state index contributed by atoms with van der Waals surface area (Å²) in [6.45, 7) is 0.474. The Bertz CT molecular complexity index is 881. The van der Waals surface area contributed by atoms with Gasteiger partial charge in [0, 0.05) is 19.5 Å². The maximum absolute atomic E-state index is 12.4. The van der Waals surface area contributed by atoms with Crippen molar-refractivity contribution in [2.75, 3.05) is 25.2 Å². The fourth-order valence-electron chi connectivity index (χ4n) is 3.03. The second kappa shape index (κ2) is 9.03. The summed E-state index contributed by atoms with van der Waals surface area (Å²) in [5.41, 5.74) is 1.67. The summed E-state index contributed by atoms with van der Waals surface area (Å²) in [7, 11) is 1.57. The molecule has 0 saturated carbocycles. The molecule has 1 heterocycles. The maximum atomic E-state index is 12.4. The van der Waals surface area contributed by atoms with E-state index in [9.17, 15) is 14.4 Å². The van der Waals surface area contributed by atoms with E-state index in [0.29, 0.717) is 30.9 Å². The zero-order valence-corrected chi connectivity index (χ0v) is 15.6. The molecule has 3 rings (SSSR count). The Morgan fingerprint density at radius 2 is 1.96 bits per heavy atom. The Labute approximate surface area is 163 Å². The monoisotopic (exact) mass is 382 g/mol. The van der Waals surface area contributed by atoms with Crippen LogP contribution >= 0.6 is 0 Å². The molecule has 0 aromatic heterocycles. The maximum Gasteiger partial charge on any atom is 0.340 e. The van der Waals surface area contributed by atoms with Crippen molar-refractivity contribution >= 4 is 23.5 Å². The summed E-state index contributed by atoms with van der Waals surface area (Å²) in [6, 6.07) is 14.1. The number of amides is 2. The first kappa shape index (κ1) is 19.4. The summed E-state index contributed by atoms with van der Waals surface area (Å²) >= 11 is 0. The number of esters is 1. The molecule has 1 N–H and O–H groups in total. The molecular weight excluding hydrogens is 360 g/mol. The van der Waals surface area contributed by atoms with Crippen LogP contribution in [0.15, 0.2) is 48.5 Å². The Kier molecular flexibility index (Phi) is 6.26. The zero-order chi connectivity index (χ0) is 19.9. The third-order valence-corrected chi connectivity index (χ3v) is 4.45. The quantitative estimate of drug-likeness (QED) is 0.743. The molecule has 28 heavy (non-hydrogen) atoms. The van der Waals surface area contributed by atoms with Crippen LogP contribution in [0, 0.1) is 0 Å². The van der Waals surface area contributed by atoms with Crippen molar-refractivity contribution in [3.05, 3.63) is 59.7 Å². The molecule has 1 aliphatic rings. The van der Waals surface area contributed by atoms with E-state index in [0.717, 1.165) is 12.0 Å². The Morgan fingerprint density at radius 1 is 1.14 bits per heavy atom. The largest absolute Gasteiger partial charge is 0.497 e. The SMILES string of the molecule is COc1cccc(CNC(=O)COC(=O)c2ccccc2N2CCCC2=O)c1. The highest BCUT2D eigenvalue weighted by Crippen LogP contribution is 2.25. The lowest BCUT2D eigenvalue weighted by atomic mass is 10.1. The zero-order valence-electron chi connectivity index (χ0n) is 15.6. The molecule has 7 heteroatoms. The summed E-state index contributed by atoms with van der Waals surface area (Å²) in [5, 5.41) is 2.70. The van der Waals surface area contributed by atoms with Crippen molar-refractivity contribution in [1.82, 2.24) is 5.32 Å². The summed E-state index contributed by atoms with van der Waals surface area (Å²) in [6.07, 6.45) is 1.23. The van der Waals surface area contributed by atoms with Gasteiger partial charge in [0.25, 0.3) is 5.91 Å². The standard InChI is InChI=1S/C21H22N2O5/c1-27-16-7-4-6-15(12-16)13-22-19(24)14-28-21(26)17-8-2-3-9-18(17)23-11-5-10-20(23)25/h2-4,6-9,12H,5,10-11,13-14H2,1H3,(H,22,24). The number of carbonyl (C=O) groups excluding carboxylic acids is 3. The van der Waals surface area contributed by atoms with E-state index in [4.69, 9.17) is 9.47 Å². The molecule has 0 atom stereocenters. The predicted octanol–water partition coefficient (Wildman–Crippen LogP) is 2.30. The van der Waals surface area contributed by atoms with Crippen molar-refractivity contribution in [3.63, 3.8) is 0 Å². The second-order valence-corrected chi connectivity index (χ2v) is 6.37. The lowest BCUT2D eigenvalue weighted by Gasteiger charge is -2.18. The Hall–Kier alpha value is -3.35. The molecular formula is C21H22N2O5. The van der Waals surface area contributed by atoms with Crippen LogP contribution in [0.5, 0.6) is 5.75 Å². The van der Waals surface area contributed by atoms with Gasteiger partial charge >= 0.3 is 5.97 Å². The average molecular weight is 382 g/mol. The third-order valence-electron chi connectivity index (χ3n) is 4.45. The number of nitrogens with zero attached hydrogens (tertiary/aromatic N) is 1. The number of carbonyl (C=O) groups is 3. The van der Waals surface area contributed by atoms with Crippen LogP contribution in [-0.4, -0.2) is 38.0 Å². The Balaban J connectivity index is 1.55. The van der Waals surface area contributed by atoms with E-state index >= 15 is 0 Å². The van der Waals surface area contributed by atoms with Crippen LogP contribution in [0.3, 0.4) is 0 Å². The highest BCUT2D eigenvalue weighted by molar-refractivity contribution is 6.03. The van der Waals surface area contributed by atoms with Crippen LogP contribution < -0.4 is 15.0 Å². The van der Waals surface area contributed by atoms with Crippen molar-refractivity contribution in [1.29, 1.82) is 0 Å². The number of para-hydroxylation sites is 1. The van der Waals surface area contributed by atoms with Crippen molar-refractivity contribution < 1.29 is 23.9 Å². The first-order valence-electron chi connectivity index (χ1n) is 9.04. The number of nitrogens with one attached hydrogen (secondary N) is 1. The van der Waals surface area contributed by atoms with Gasteiger partial charge in [-0.25, -0.2) is 4.79 Å². The van der Waals surface area contributed by atoms with Gasteiger partial charge in [-0.2, -0.15) is 0 Å². The van der Waals surface area contributed by atoms with Crippen molar-refractivity contribution in [3.8, 4) is 5.75 Å². The smallest absolute Gasteiger partial charge is 0.340 e. The molecule has 2 aromatic carbocycles. The third kappa shape index (κ3) is 4.68. The van der Waals surface area contributed by atoms with Gasteiger partial charge in [0.15, 0.2) is 6.61 Å². The molecule has 2 aromatic rings. The first-order valence-corrected chi connectivity index (χ1v) is 9.04. The molecule has 0 bridgehead atoms. The summed E-state index contributed by atoms with van der Waals surface area (Å²) in [4.78, 5) is 38.0. The molecule has 2 amide bonds. The molecule has 0 radical (unpaired) electrons. The molecule has 146 valence electrons. The Morgan fingerprint density at radius 3 is 2.71 bits per heavy atom. The first-order chi connectivity index (χ1) is 13.6. The number of anilines is 1. The van der Waals surface area contributed by atoms with E-state index in [1.165, 1.54) is 0 Å². The molecule has 1 fully saturated rings. The fraction of sp³-hybridized carbons (Fsp3) is 0.286. The number of rotatable bonds is 7. The van der Waals surface area contributed by atoms with Gasteiger partial charge in [0.05, 0.1) is 18.4 Å². The van der Waals surface area contributed by atoms with Gasteiger partial charge in [0.1, 0.15) is 5.75 Å². The van der Waals surface area contributed by atoms with E-state index in [2.05, 4.69) is 5.32 Å². The van der Waals surface area contributed by atoms with E-state index < -0.39 is 18.5 Å².